The molecule has 3 rings (SSSR count). The smallest absolute Gasteiger partial charge is 0.196 e. The summed E-state index contributed by atoms with van der Waals surface area (Å²) in [6, 6.07) is 15.8. The van der Waals surface area contributed by atoms with Crippen molar-refractivity contribution >= 4 is 28.4 Å². The maximum atomic E-state index is 12.8. The first kappa shape index (κ1) is 13.0. The van der Waals surface area contributed by atoms with E-state index >= 15 is 0 Å². The van der Waals surface area contributed by atoms with Crippen molar-refractivity contribution in [2.45, 2.75) is 4.90 Å². The number of benzene rings is 2. The number of rotatable bonds is 3. The molecule has 100 valence electrons. The van der Waals surface area contributed by atoms with Gasteiger partial charge in [-0.3, -0.25) is 4.79 Å². The third-order valence-electron chi connectivity index (χ3n) is 3.49. The molecule has 0 aliphatic rings. The molecule has 20 heavy (non-hydrogen) atoms. The molecule has 1 aromatic heterocycles. The number of hydrogen-bond acceptors (Lipinski definition) is 2. The Morgan fingerprint density at radius 2 is 1.70 bits per heavy atom. The lowest BCUT2D eigenvalue weighted by atomic mass is 10.0. The van der Waals surface area contributed by atoms with Crippen molar-refractivity contribution in [3.63, 3.8) is 0 Å². The van der Waals surface area contributed by atoms with Crippen LogP contribution in [0.1, 0.15) is 15.9 Å². The van der Waals surface area contributed by atoms with Gasteiger partial charge in [-0.15, -0.1) is 11.8 Å². The van der Waals surface area contributed by atoms with E-state index in [0.717, 1.165) is 26.9 Å². The Morgan fingerprint density at radius 1 is 1.00 bits per heavy atom. The molecule has 0 bridgehead atoms. The molecule has 2 aromatic carbocycles. The number of carbonyl (C=O) groups excluding carboxylic acids is 1. The molecule has 0 saturated heterocycles. The molecule has 0 fully saturated rings. The molecule has 0 unspecified atom stereocenters. The van der Waals surface area contributed by atoms with Gasteiger partial charge in [-0.25, -0.2) is 0 Å². The monoisotopic (exact) mass is 281 g/mol. The first-order valence-corrected chi connectivity index (χ1v) is 7.66. The molecule has 0 radical (unpaired) electrons. The van der Waals surface area contributed by atoms with Gasteiger partial charge in [0, 0.05) is 40.2 Å². The van der Waals surface area contributed by atoms with Gasteiger partial charge in [0.1, 0.15) is 0 Å². The van der Waals surface area contributed by atoms with Crippen LogP contribution in [0.4, 0.5) is 0 Å². The normalized spacial score (nSPS) is 10.9. The highest BCUT2D eigenvalue weighted by molar-refractivity contribution is 7.98. The fraction of sp³-hybridized carbons (Fsp3) is 0.118. The number of aryl methyl sites for hydroxylation is 1. The van der Waals surface area contributed by atoms with E-state index in [0.29, 0.717) is 0 Å². The van der Waals surface area contributed by atoms with E-state index in [9.17, 15) is 4.79 Å². The summed E-state index contributed by atoms with van der Waals surface area (Å²) in [7, 11) is 1.97. The van der Waals surface area contributed by atoms with E-state index < -0.39 is 0 Å². The summed E-state index contributed by atoms with van der Waals surface area (Å²) in [4.78, 5) is 13.8. The lowest BCUT2D eigenvalue weighted by Crippen LogP contribution is -2.02. The van der Waals surface area contributed by atoms with Crippen LogP contribution in [0.15, 0.2) is 59.6 Å². The Labute approximate surface area is 122 Å². The van der Waals surface area contributed by atoms with E-state index in [1.54, 1.807) is 11.8 Å². The molecule has 0 aliphatic carbocycles. The maximum Gasteiger partial charge on any atom is 0.196 e. The van der Waals surface area contributed by atoms with Crippen LogP contribution in [0.5, 0.6) is 0 Å². The molecule has 1 heterocycles. The molecule has 0 N–H and O–H groups in total. The maximum absolute atomic E-state index is 12.8. The third kappa shape index (κ3) is 2.04. The first-order chi connectivity index (χ1) is 9.72. The van der Waals surface area contributed by atoms with Gasteiger partial charge in [-0.2, -0.15) is 0 Å². The molecule has 0 amide bonds. The molecular weight excluding hydrogens is 266 g/mol. The summed E-state index contributed by atoms with van der Waals surface area (Å²) < 4.78 is 2.00. The molecular formula is C17H15NOS. The minimum Gasteiger partial charge on any atom is -0.350 e. The second-order valence-corrected chi connectivity index (χ2v) is 5.55. The Morgan fingerprint density at radius 3 is 2.50 bits per heavy atom. The van der Waals surface area contributed by atoms with Gasteiger partial charge in [0.15, 0.2) is 5.78 Å². The predicted molar refractivity (Wildman–Crippen MR) is 84.6 cm³/mol. The Balaban J connectivity index is 2.18. The van der Waals surface area contributed by atoms with Crippen LogP contribution in [-0.2, 0) is 7.05 Å². The van der Waals surface area contributed by atoms with Gasteiger partial charge in [0.05, 0.1) is 0 Å². The predicted octanol–water partition coefficient (Wildman–Crippen LogP) is 4.13. The Hall–Kier alpha value is -2.00. The number of para-hydroxylation sites is 1. The molecule has 0 atom stereocenters. The number of nitrogens with zero attached hydrogens (tertiary/aromatic N) is 1. The summed E-state index contributed by atoms with van der Waals surface area (Å²) in [6.45, 7) is 0. The third-order valence-corrected chi connectivity index (χ3v) is 4.29. The molecule has 0 spiro atoms. The number of aromatic nitrogens is 1. The van der Waals surface area contributed by atoms with Gasteiger partial charge in [-0.05, 0) is 24.5 Å². The van der Waals surface area contributed by atoms with E-state index in [4.69, 9.17) is 0 Å². The van der Waals surface area contributed by atoms with E-state index in [1.807, 2.05) is 72.6 Å². The van der Waals surface area contributed by atoms with E-state index in [2.05, 4.69) is 0 Å². The SMILES string of the molecule is CSc1ccccc1C(=O)c1cn(C)c2ccccc12. The zero-order chi connectivity index (χ0) is 14.1. The molecule has 3 aromatic rings. The van der Waals surface area contributed by atoms with Crippen molar-refractivity contribution < 1.29 is 4.79 Å². The van der Waals surface area contributed by atoms with Crippen LogP contribution >= 0.6 is 11.8 Å². The Bertz CT molecular complexity index is 789. The summed E-state index contributed by atoms with van der Waals surface area (Å²) in [5, 5.41) is 1.01. The minimum atomic E-state index is 0.0896. The van der Waals surface area contributed by atoms with Crippen LogP contribution in [0.3, 0.4) is 0 Å². The van der Waals surface area contributed by atoms with E-state index in [1.165, 1.54) is 0 Å². The summed E-state index contributed by atoms with van der Waals surface area (Å²) in [6.07, 6.45) is 3.92. The number of fused-ring (bicyclic) bond motifs is 1. The zero-order valence-electron chi connectivity index (χ0n) is 11.5. The van der Waals surface area contributed by atoms with Crippen LogP contribution in [-0.4, -0.2) is 16.6 Å². The van der Waals surface area contributed by atoms with E-state index in [-0.39, 0.29) is 5.78 Å². The highest BCUT2D eigenvalue weighted by Crippen LogP contribution is 2.27. The van der Waals surface area contributed by atoms with Crippen molar-refractivity contribution in [3.8, 4) is 0 Å². The molecule has 2 nitrogen and oxygen atoms in total. The number of hydrogen-bond donors (Lipinski definition) is 0. The minimum absolute atomic E-state index is 0.0896. The van der Waals surface area contributed by atoms with Crippen molar-refractivity contribution in [2.75, 3.05) is 6.26 Å². The number of carbonyl (C=O) groups is 1. The van der Waals surface area contributed by atoms with Gasteiger partial charge in [0.25, 0.3) is 0 Å². The van der Waals surface area contributed by atoms with Gasteiger partial charge >= 0.3 is 0 Å². The summed E-state index contributed by atoms with van der Waals surface area (Å²) in [5.41, 5.74) is 2.62. The van der Waals surface area contributed by atoms with Crippen LogP contribution in [0.2, 0.25) is 0 Å². The van der Waals surface area contributed by atoms with Crippen molar-refractivity contribution in [1.29, 1.82) is 0 Å². The van der Waals surface area contributed by atoms with Crippen molar-refractivity contribution in [1.82, 2.24) is 4.57 Å². The highest BCUT2D eigenvalue weighted by Gasteiger charge is 2.17. The van der Waals surface area contributed by atoms with Crippen molar-refractivity contribution in [3.05, 3.63) is 65.9 Å². The molecule has 0 saturated carbocycles. The zero-order valence-corrected chi connectivity index (χ0v) is 12.3. The lowest BCUT2D eigenvalue weighted by molar-refractivity contribution is 0.103. The van der Waals surface area contributed by atoms with Crippen LogP contribution in [0, 0.1) is 0 Å². The fourth-order valence-electron chi connectivity index (χ4n) is 2.50. The van der Waals surface area contributed by atoms with Gasteiger partial charge < -0.3 is 4.57 Å². The highest BCUT2D eigenvalue weighted by atomic mass is 32.2. The van der Waals surface area contributed by atoms with Crippen LogP contribution in [0.25, 0.3) is 10.9 Å². The number of ketones is 1. The standard InChI is InChI=1S/C17H15NOS/c1-18-11-14(12-7-3-5-9-15(12)18)17(19)13-8-4-6-10-16(13)20-2/h3-11H,1-2H3. The number of thioether (sulfide) groups is 1. The summed E-state index contributed by atoms with van der Waals surface area (Å²) in [5.74, 6) is 0.0896. The second kappa shape index (κ2) is 5.17. The van der Waals surface area contributed by atoms with Crippen LogP contribution < -0.4 is 0 Å². The van der Waals surface area contributed by atoms with Gasteiger partial charge in [0.2, 0.25) is 0 Å². The fourth-order valence-corrected chi connectivity index (χ4v) is 3.10. The Kier molecular flexibility index (Phi) is 3.36. The lowest BCUT2D eigenvalue weighted by Gasteiger charge is -2.05. The largest absolute Gasteiger partial charge is 0.350 e. The average Bonchev–Trinajstić information content (AvgIpc) is 2.84. The topological polar surface area (TPSA) is 22.0 Å². The first-order valence-electron chi connectivity index (χ1n) is 6.44. The molecule has 3 heteroatoms. The average molecular weight is 281 g/mol. The summed E-state index contributed by atoms with van der Waals surface area (Å²) >= 11 is 1.60. The second-order valence-electron chi connectivity index (χ2n) is 4.70. The quantitative estimate of drug-likeness (QED) is 0.532. The molecule has 0 aliphatic heterocycles. The van der Waals surface area contributed by atoms with Gasteiger partial charge in [-0.1, -0.05) is 30.3 Å². The van der Waals surface area contributed by atoms with Crippen molar-refractivity contribution in [2.24, 2.45) is 7.05 Å².